The minimum Gasteiger partial charge on any atom is -0.466 e. The van der Waals surface area contributed by atoms with Gasteiger partial charge in [0.25, 0.3) is 5.91 Å². The molecule has 0 atom stereocenters. The second kappa shape index (κ2) is 5.82. The number of methoxy groups -OCH3 is 1. The molecule has 0 unspecified atom stereocenters. The molecule has 4 heteroatoms. The number of rotatable bonds is 3. The Bertz CT molecular complexity index is 611. The van der Waals surface area contributed by atoms with E-state index in [9.17, 15) is 9.59 Å². The van der Waals surface area contributed by atoms with Crippen molar-refractivity contribution in [1.82, 2.24) is 4.57 Å². The highest BCUT2D eigenvalue weighted by molar-refractivity contribution is 5.97. The minimum atomic E-state index is -0.458. The summed E-state index contributed by atoms with van der Waals surface area (Å²) in [5, 5.41) is 0. The zero-order valence-corrected chi connectivity index (χ0v) is 10.4. The van der Waals surface area contributed by atoms with Crippen LogP contribution < -0.4 is 0 Å². The molecule has 0 amide bonds. The minimum absolute atomic E-state index is 0.143. The van der Waals surface area contributed by atoms with Crippen LogP contribution in [0.15, 0.2) is 54.7 Å². The normalized spacial score (nSPS) is 10.6. The first kappa shape index (κ1) is 12.8. The van der Waals surface area contributed by atoms with E-state index in [2.05, 4.69) is 4.74 Å². The van der Waals surface area contributed by atoms with E-state index in [1.165, 1.54) is 17.8 Å². The third-order valence-electron chi connectivity index (χ3n) is 2.61. The maximum Gasteiger partial charge on any atom is 0.330 e. The summed E-state index contributed by atoms with van der Waals surface area (Å²) < 4.78 is 5.99. The predicted molar refractivity (Wildman–Crippen MR) is 71.7 cm³/mol. The van der Waals surface area contributed by atoms with Crippen molar-refractivity contribution in [1.29, 1.82) is 0 Å². The fourth-order valence-corrected chi connectivity index (χ4v) is 1.66. The van der Waals surface area contributed by atoms with Gasteiger partial charge in [0.15, 0.2) is 0 Å². The van der Waals surface area contributed by atoms with Crippen LogP contribution in [0.1, 0.15) is 16.1 Å². The Hall–Kier alpha value is -2.62. The molecule has 0 bridgehead atoms. The highest BCUT2D eigenvalue weighted by Crippen LogP contribution is 2.09. The second-order valence-electron chi connectivity index (χ2n) is 3.83. The van der Waals surface area contributed by atoms with Crippen LogP contribution in [0.25, 0.3) is 6.08 Å². The Balaban J connectivity index is 2.27. The summed E-state index contributed by atoms with van der Waals surface area (Å²) in [5.74, 6) is -0.602. The third kappa shape index (κ3) is 2.98. The summed E-state index contributed by atoms with van der Waals surface area (Å²) in [6.07, 6.45) is 4.49. The van der Waals surface area contributed by atoms with Crippen molar-refractivity contribution < 1.29 is 14.3 Å². The molecule has 2 rings (SSSR count). The molecule has 2 aromatic rings. The Morgan fingerprint density at radius 3 is 2.53 bits per heavy atom. The Labute approximate surface area is 110 Å². The highest BCUT2D eigenvalue weighted by atomic mass is 16.5. The number of hydrogen-bond acceptors (Lipinski definition) is 3. The monoisotopic (exact) mass is 255 g/mol. The van der Waals surface area contributed by atoms with Crippen LogP contribution in [0.2, 0.25) is 0 Å². The number of carbonyl (C=O) groups excluding carboxylic acids is 2. The van der Waals surface area contributed by atoms with Crippen LogP contribution in [-0.2, 0) is 9.53 Å². The van der Waals surface area contributed by atoms with Crippen LogP contribution in [-0.4, -0.2) is 23.6 Å². The lowest BCUT2D eigenvalue weighted by Crippen LogP contribution is -2.12. The molecule has 0 saturated heterocycles. The molecule has 0 fully saturated rings. The lowest BCUT2D eigenvalue weighted by molar-refractivity contribution is -0.134. The smallest absolute Gasteiger partial charge is 0.330 e. The van der Waals surface area contributed by atoms with Crippen LogP contribution >= 0.6 is 0 Å². The van der Waals surface area contributed by atoms with Crippen molar-refractivity contribution in [3.8, 4) is 0 Å². The number of benzene rings is 1. The molecule has 1 aromatic carbocycles. The summed E-state index contributed by atoms with van der Waals surface area (Å²) in [5.41, 5.74) is 1.21. The Kier molecular flexibility index (Phi) is 3.93. The number of esters is 1. The molecule has 0 saturated carbocycles. The molecule has 96 valence electrons. The van der Waals surface area contributed by atoms with Crippen molar-refractivity contribution in [3.05, 3.63) is 66.0 Å². The summed E-state index contributed by atoms with van der Waals surface area (Å²) in [6.45, 7) is 0. The molecule has 0 N–H and O–H groups in total. The number of nitrogens with zero attached hydrogens (tertiary/aromatic N) is 1. The largest absolute Gasteiger partial charge is 0.466 e. The van der Waals surface area contributed by atoms with Gasteiger partial charge in [-0.1, -0.05) is 18.2 Å². The standard InChI is InChI=1S/C15H13NO3/c1-19-14(17)10-9-13-8-5-11-16(13)15(18)12-6-3-2-4-7-12/h2-11H,1H3. The molecular formula is C15H13NO3. The van der Waals surface area contributed by atoms with Gasteiger partial charge in [0, 0.05) is 23.5 Å². The summed E-state index contributed by atoms with van der Waals surface area (Å²) in [7, 11) is 1.31. The van der Waals surface area contributed by atoms with Gasteiger partial charge in [-0.2, -0.15) is 0 Å². The molecular weight excluding hydrogens is 242 g/mol. The van der Waals surface area contributed by atoms with Gasteiger partial charge in [0.2, 0.25) is 0 Å². The fourth-order valence-electron chi connectivity index (χ4n) is 1.66. The third-order valence-corrected chi connectivity index (χ3v) is 2.61. The van der Waals surface area contributed by atoms with Gasteiger partial charge < -0.3 is 4.74 Å². The molecule has 0 radical (unpaired) electrons. The van der Waals surface area contributed by atoms with Gasteiger partial charge >= 0.3 is 5.97 Å². The first-order valence-corrected chi connectivity index (χ1v) is 5.75. The van der Waals surface area contributed by atoms with Crippen molar-refractivity contribution in [2.24, 2.45) is 0 Å². The molecule has 4 nitrogen and oxygen atoms in total. The summed E-state index contributed by atoms with van der Waals surface area (Å²) in [4.78, 5) is 23.3. The number of hydrogen-bond donors (Lipinski definition) is 0. The van der Waals surface area contributed by atoms with Crippen LogP contribution in [0.3, 0.4) is 0 Å². The maximum atomic E-state index is 12.3. The van der Waals surface area contributed by atoms with E-state index < -0.39 is 5.97 Å². The number of carbonyl (C=O) groups is 2. The van der Waals surface area contributed by atoms with Crippen LogP contribution in [0, 0.1) is 0 Å². The van der Waals surface area contributed by atoms with Gasteiger partial charge in [-0.05, 0) is 30.3 Å². The summed E-state index contributed by atoms with van der Waals surface area (Å²) >= 11 is 0. The Morgan fingerprint density at radius 1 is 1.11 bits per heavy atom. The zero-order chi connectivity index (χ0) is 13.7. The highest BCUT2D eigenvalue weighted by Gasteiger charge is 2.09. The topological polar surface area (TPSA) is 48.3 Å². The van der Waals surface area contributed by atoms with Gasteiger partial charge in [-0.15, -0.1) is 0 Å². The number of aromatic nitrogens is 1. The average molecular weight is 255 g/mol. The SMILES string of the molecule is COC(=O)C=Cc1cccn1C(=O)c1ccccc1. The molecule has 0 aliphatic rings. The molecule has 0 aliphatic heterocycles. The first-order valence-electron chi connectivity index (χ1n) is 5.75. The van der Waals surface area contributed by atoms with Gasteiger partial charge in [0.1, 0.15) is 0 Å². The average Bonchev–Trinajstić information content (AvgIpc) is 2.93. The second-order valence-corrected chi connectivity index (χ2v) is 3.83. The Morgan fingerprint density at radius 2 is 1.84 bits per heavy atom. The van der Waals surface area contributed by atoms with Crippen molar-refractivity contribution in [3.63, 3.8) is 0 Å². The number of ether oxygens (including phenoxy) is 1. The lowest BCUT2D eigenvalue weighted by Gasteiger charge is -2.04. The molecule has 19 heavy (non-hydrogen) atoms. The summed E-state index contributed by atoms with van der Waals surface area (Å²) in [6, 6.07) is 12.5. The van der Waals surface area contributed by atoms with Gasteiger partial charge in [-0.3, -0.25) is 9.36 Å². The maximum absolute atomic E-state index is 12.3. The molecule has 1 aromatic heterocycles. The van der Waals surface area contributed by atoms with Crippen molar-refractivity contribution in [2.75, 3.05) is 7.11 Å². The van der Waals surface area contributed by atoms with Gasteiger partial charge in [-0.25, -0.2) is 4.79 Å². The van der Waals surface area contributed by atoms with Gasteiger partial charge in [0.05, 0.1) is 7.11 Å². The lowest BCUT2D eigenvalue weighted by atomic mass is 10.2. The first-order chi connectivity index (χ1) is 9.22. The van der Waals surface area contributed by atoms with Crippen molar-refractivity contribution >= 4 is 18.0 Å². The molecule has 0 aliphatic carbocycles. The van der Waals surface area contributed by atoms with Crippen molar-refractivity contribution in [2.45, 2.75) is 0 Å². The van der Waals surface area contributed by atoms with E-state index in [0.29, 0.717) is 11.3 Å². The van der Waals surface area contributed by atoms with E-state index in [4.69, 9.17) is 0 Å². The van der Waals surface area contributed by atoms with Crippen LogP contribution in [0.5, 0.6) is 0 Å². The predicted octanol–water partition coefficient (Wildman–Crippen LogP) is 2.36. The molecule has 1 heterocycles. The van der Waals surface area contributed by atoms with E-state index in [0.717, 1.165) is 0 Å². The fraction of sp³-hybridized carbons (Fsp3) is 0.0667. The van der Waals surface area contributed by atoms with E-state index in [-0.39, 0.29) is 5.91 Å². The van der Waals surface area contributed by atoms with E-state index in [1.807, 2.05) is 6.07 Å². The molecule has 0 spiro atoms. The van der Waals surface area contributed by atoms with E-state index in [1.54, 1.807) is 48.7 Å². The van der Waals surface area contributed by atoms with Crippen LogP contribution in [0.4, 0.5) is 0 Å². The van der Waals surface area contributed by atoms with E-state index >= 15 is 0 Å². The quantitative estimate of drug-likeness (QED) is 0.625. The zero-order valence-electron chi connectivity index (χ0n) is 10.4.